The molecule has 4 heteroatoms. The highest BCUT2D eigenvalue weighted by atomic mass is 35.5. The summed E-state index contributed by atoms with van der Waals surface area (Å²) in [5.41, 5.74) is 2.33. The van der Waals surface area contributed by atoms with Crippen molar-refractivity contribution >= 4 is 17.3 Å². The van der Waals surface area contributed by atoms with Gasteiger partial charge in [0, 0.05) is 30.4 Å². The molecule has 0 bridgehead atoms. The van der Waals surface area contributed by atoms with Crippen LogP contribution in [0.15, 0.2) is 18.2 Å². The van der Waals surface area contributed by atoms with E-state index in [2.05, 4.69) is 49.3 Å². The molecule has 0 saturated carbocycles. The topological polar surface area (TPSA) is 24.5 Å². The molecule has 0 amide bonds. The molecule has 1 aliphatic rings. The first-order valence-corrected chi connectivity index (χ1v) is 7.84. The molecule has 1 aromatic carbocycles. The Morgan fingerprint density at radius 2 is 2.30 bits per heavy atom. The number of nitrogens with one attached hydrogen (secondary N) is 1. The molecule has 2 rings (SSSR count). The van der Waals surface area contributed by atoms with Crippen LogP contribution in [-0.2, 0) is 4.74 Å². The van der Waals surface area contributed by atoms with Gasteiger partial charge in [0.25, 0.3) is 0 Å². The molecule has 1 aromatic rings. The average Bonchev–Trinajstić information content (AvgIpc) is 2.98. The number of hydrogen-bond donors (Lipinski definition) is 1. The fraction of sp³-hybridized carbons (Fsp3) is 0.625. The van der Waals surface area contributed by atoms with Crippen molar-refractivity contribution in [3.05, 3.63) is 28.8 Å². The predicted molar refractivity (Wildman–Crippen MR) is 85.8 cm³/mol. The van der Waals surface area contributed by atoms with Gasteiger partial charge in [-0.1, -0.05) is 24.6 Å². The Morgan fingerprint density at radius 3 is 2.90 bits per heavy atom. The molecule has 2 unspecified atom stereocenters. The van der Waals surface area contributed by atoms with E-state index in [9.17, 15) is 0 Å². The number of anilines is 1. The molecule has 112 valence electrons. The lowest BCUT2D eigenvalue weighted by molar-refractivity contribution is 0.193. The summed E-state index contributed by atoms with van der Waals surface area (Å²) in [5.74, 6) is 0. The highest BCUT2D eigenvalue weighted by Crippen LogP contribution is 2.29. The molecule has 0 aromatic heterocycles. The van der Waals surface area contributed by atoms with Crippen LogP contribution in [0, 0.1) is 0 Å². The number of nitrogens with zero attached hydrogens (tertiary/aromatic N) is 1. The first-order valence-electron chi connectivity index (χ1n) is 7.47. The van der Waals surface area contributed by atoms with Gasteiger partial charge in [0.05, 0.1) is 12.6 Å². The van der Waals surface area contributed by atoms with E-state index in [-0.39, 0.29) is 6.04 Å². The maximum absolute atomic E-state index is 6.46. The van der Waals surface area contributed by atoms with E-state index in [1.165, 1.54) is 5.56 Å². The Morgan fingerprint density at radius 1 is 1.50 bits per heavy atom. The number of likely N-dealkylation sites (N-methyl/N-ethyl adjacent to an activating group) is 1. The lowest BCUT2D eigenvalue weighted by Gasteiger charge is -2.26. The second kappa shape index (κ2) is 7.30. The van der Waals surface area contributed by atoms with Crippen LogP contribution in [-0.4, -0.2) is 32.8 Å². The Bertz CT molecular complexity index is 432. The van der Waals surface area contributed by atoms with E-state index in [0.717, 1.165) is 43.3 Å². The molecule has 1 fully saturated rings. The summed E-state index contributed by atoms with van der Waals surface area (Å²) in [4.78, 5) is 2.27. The van der Waals surface area contributed by atoms with Crippen LogP contribution >= 0.6 is 11.6 Å². The summed E-state index contributed by atoms with van der Waals surface area (Å²) in [6, 6.07) is 7.12. The van der Waals surface area contributed by atoms with Crippen LogP contribution in [0.25, 0.3) is 0 Å². The average molecular weight is 297 g/mol. The van der Waals surface area contributed by atoms with Crippen molar-refractivity contribution in [2.75, 3.05) is 31.7 Å². The van der Waals surface area contributed by atoms with Gasteiger partial charge in [-0.3, -0.25) is 0 Å². The van der Waals surface area contributed by atoms with Gasteiger partial charge in [0.1, 0.15) is 0 Å². The van der Waals surface area contributed by atoms with Crippen LogP contribution in [0.2, 0.25) is 5.02 Å². The van der Waals surface area contributed by atoms with Crippen LogP contribution < -0.4 is 10.2 Å². The maximum atomic E-state index is 6.46. The first-order chi connectivity index (χ1) is 9.63. The van der Waals surface area contributed by atoms with E-state index in [4.69, 9.17) is 16.3 Å². The van der Waals surface area contributed by atoms with Crippen LogP contribution in [0.5, 0.6) is 0 Å². The van der Waals surface area contributed by atoms with Crippen molar-refractivity contribution in [1.29, 1.82) is 0 Å². The zero-order chi connectivity index (χ0) is 14.5. The molecule has 20 heavy (non-hydrogen) atoms. The van der Waals surface area contributed by atoms with Crippen LogP contribution in [0.4, 0.5) is 5.69 Å². The maximum Gasteiger partial charge on any atom is 0.0670 e. The van der Waals surface area contributed by atoms with Gasteiger partial charge in [-0.2, -0.15) is 0 Å². The number of ether oxygens (including phenoxy) is 1. The normalized spacial score (nSPS) is 20.1. The van der Waals surface area contributed by atoms with E-state index in [0.29, 0.717) is 6.04 Å². The first kappa shape index (κ1) is 15.6. The van der Waals surface area contributed by atoms with E-state index in [1.54, 1.807) is 0 Å². The minimum absolute atomic E-state index is 0.289. The molecular weight excluding hydrogens is 272 g/mol. The zero-order valence-electron chi connectivity index (χ0n) is 12.7. The lowest BCUT2D eigenvalue weighted by atomic mass is 10.1. The van der Waals surface area contributed by atoms with Gasteiger partial charge in [-0.25, -0.2) is 0 Å². The standard InChI is InChI=1S/C16H25ClN2O/c1-4-8-18-12(2)15-6-5-13(10-16(15)17)19(3)14-7-9-20-11-14/h5-6,10,12,14,18H,4,7-9,11H2,1-3H3. The van der Waals surface area contributed by atoms with Crippen LogP contribution in [0.1, 0.15) is 38.3 Å². The molecule has 1 saturated heterocycles. The molecule has 3 nitrogen and oxygen atoms in total. The third kappa shape index (κ3) is 3.66. The number of rotatable bonds is 6. The van der Waals surface area contributed by atoms with Gasteiger partial charge < -0.3 is 15.0 Å². The van der Waals surface area contributed by atoms with Crippen LogP contribution in [0.3, 0.4) is 0 Å². The van der Waals surface area contributed by atoms with Crippen molar-refractivity contribution in [3.8, 4) is 0 Å². The fourth-order valence-electron chi connectivity index (χ4n) is 2.60. The minimum atomic E-state index is 0.289. The van der Waals surface area contributed by atoms with Gasteiger partial charge in [-0.05, 0) is 44.0 Å². The highest BCUT2D eigenvalue weighted by molar-refractivity contribution is 6.31. The second-order valence-electron chi connectivity index (χ2n) is 5.51. The zero-order valence-corrected chi connectivity index (χ0v) is 13.4. The number of benzene rings is 1. The summed E-state index contributed by atoms with van der Waals surface area (Å²) in [6.45, 7) is 7.01. The summed E-state index contributed by atoms with van der Waals surface area (Å²) < 4.78 is 5.45. The molecule has 1 N–H and O–H groups in total. The van der Waals surface area contributed by atoms with E-state index < -0.39 is 0 Å². The third-order valence-corrected chi connectivity index (χ3v) is 4.34. The quantitative estimate of drug-likeness (QED) is 0.867. The molecule has 0 radical (unpaired) electrons. The van der Waals surface area contributed by atoms with Gasteiger partial charge in [0.2, 0.25) is 0 Å². The van der Waals surface area contributed by atoms with Gasteiger partial charge in [-0.15, -0.1) is 0 Å². The second-order valence-corrected chi connectivity index (χ2v) is 5.92. The van der Waals surface area contributed by atoms with E-state index >= 15 is 0 Å². The van der Waals surface area contributed by atoms with Crippen molar-refractivity contribution in [2.24, 2.45) is 0 Å². The molecule has 1 aliphatic heterocycles. The van der Waals surface area contributed by atoms with Gasteiger partial charge >= 0.3 is 0 Å². The Kier molecular flexibility index (Phi) is 5.70. The molecule has 1 heterocycles. The SMILES string of the molecule is CCCNC(C)c1ccc(N(C)C2CCOC2)cc1Cl. The van der Waals surface area contributed by atoms with Crippen molar-refractivity contribution < 1.29 is 4.74 Å². The molecular formula is C16H25ClN2O. The van der Waals surface area contributed by atoms with Gasteiger partial charge in [0.15, 0.2) is 0 Å². The van der Waals surface area contributed by atoms with Crippen molar-refractivity contribution in [1.82, 2.24) is 5.32 Å². The summed E-state index contributed by atoms with van der Waals surface area (Å²) in [5, 5.41) is 4.31. The highest BCUT2D eigenvalue weighted by Gasteiger charge is 2.21. The van der Waals surface area contributed by atoms with E-state index in [1.807, 2.05) is 0 Å². The third-order valence-electron chi connectivity index (χ3n) is 4.01. The number of hydrogen-bond acceptors (Lipinski definition) is 3. The Balaban J connectivity index is 2.08. The summed E-state index contributed by atoms with van der Waals surface area (Å²) in [6.07, 6.45) is 2.22. The summed E-state index contributed by atoms with van der Waals surface area (Å²) in [7, 11) is 2.11. The van der Waals surface area contributed by atoms with Crippen molar-refractivity contribution in [3.63, 3.8) is 0 Å². The fourth-order valence-corrected chi connectivity index (χ4v) is 2.93. The lowest BCUT2D eigenvalue weighted by Crippen LogP contribution is -2.31. The predicted octanol–water partition coefficient (Wildman–Crippen LogP) is 3.63. The number of halogens is 1. The Labute approximate surface area is 127 Å². The molecule has 0 aliphatic carbocycles. The molecule has 0 spiro atoms. The summed E-state index contributed by atoms with van der Waals surface area (Å²) >= 11 is 6.46. The monoisotopic (exact) mass is 296 g/mol. The minimum Gasteiger partial charge on any atom is -0.379 e. The Hall–Kier alpha value is -0.770. The largest absolute Gasteiger partial charge is 0.379 e. The molecule has 2 atom stereocenters. The smallest absolute Gasteiger partial charge is 0.0670 e. The van der Waals surface area contributed by atoms with Crippen molar-refractivity contribution in [2.45, 2.75) is 38.8 Å².